The fraction of sp³-hybridized carbons (Fsp3) is 0.438. The summed E-state index contributed by atoms with van der Waals surface area (Å²) in [7, 11) is 0. The van der Waals surface area contributed by atoms with Crippen molar-refractivity contribution >= 4 is 22.4 Å². The van der Waals surface area contributed by atoms with E-state index in [1.807, 2.05) is 24.3 Å². The molecular formula is C16H22N4O. The molecule has 21 heavy (non-hydrogen) atoms. The maximum Gasteiger partial charge on any atom is 0.126 e. The fourth-order valence-electron chi connectivity index (χ4n) is 2.59. The molecule has 0 amide bonds. The van der Waals surface area contributed by atoms with E-state index in [2.05, 4.69) is 21.3 Å². The normalized spacial score (nSPS) is 16.2. The monoisotopic (exact) mass is 286 g/mol. The molecular weight excluding hydrogens is 264 g/mol. The highest BCUT2D eigenvalue weighted by Crippen LogP contribution is 2.17. The van der Waals surface area contributed by atoms with Crippen molar-refractivity contribution in [1.29, 1.82) is 0 Å². The number of benzene rings is 1. The lowest BCUT2D eigenvalue weighted by atomic mass is 10.2. The van der Waals surface area contributed by atoms with E-state index in [1.165, 1.54) is 0 Å². The smallest absolute Gasteiger partial charge is 0.126 e. The molecule has 0 radical (unpaired) electrons. The lowest BCUT2D eigenvalue weighted by Gasteiger charge is -2.26. The van der Waals surface area contributed by atoms with E-state index in [1.54, 1.807) is 0 Å². The predicted octanol–water partition coefficient (Wildman–Crippen LogP) is 1.95. The number of rotatable bonds is 5. The molecule has 3 N–H and O–H groups in total. The molecule has 1 aromatic heterocycles. The highest BCUT2D eigenvalue weighted by Gasteiger charge is 2.09. The zero-order valence-corrected chi connectivity index (χ0v) is 12.2. The van der Waals surface area contributed by atoms with E-state index in [9.17, 15) is 0 Å². The molecule has 2 aromatic rings. The topological polar surface area (TPSA) is 63.4 Å². The Morgan fingerprint density at radius 1 is 1.19 bits per heavy atom. The second-order valence-electron chi connectivity index (χ2n) is 5.38. The summed E-state index contributed by atoms with van der Waals surface area (Å²) in [5.74, 6) is 0.925. The summed E-state index contributed by atoms with van der Waals surface area (Å²) in [5, 5.41) is 4.47. The minimum absolute atomic E-state index is 0.774. The van der Waals surface area contributed by atoms with Crippen molar-refractivity contribution in [1.82, 2.24) is 9.88 Å². The molecule has 1 fully saturated rings. The first-order valence-electron chi connectivity index (χ1n) is 7.51. The third-order valence-corrected chi connectivity index (χ3v) is 3.77. The van der Waals surface area contributed by atoms with Crippen molar-refractivity contribution in [3.63, 3.8) is 0 Å². The molecule has 1 saturated heterocycles. The van der Waals surface area contributed by atoms with Crippen LogP contribution >= 0.6 is 0 Å². The van der Waals surface area contributed by atoms with Crippen LogP contribution in [-0.2, 0) is 4.74 Å². The van der Waals surface area contributed by atoms with Gasteiger partial charge in [0.25, 0.3) is 0 Å². The SMILES string of the molecule is Nc1ccc2nc(NCCCN3CCOCC3)ccc2c1. The number of morpholine rings is 1. The largest absolute Gasteiger partial charge is 0.399 e. The number of nitrogens with two attached hydrogens (primary N) is 1. The number of anilines is 2. The van der Waals surface area contributed by atoms with Gasteiger partial charge in [-0.3, -0.25) is 4.90 Å². The van der Waals surface area contributed by atoms with Crippen LogP contribution in [0.15, 0.2) is 30.3 Å². The third-order valence-electron chi connectivity index (χ3n) is 3.77. The first-order chi connectivity index (χ1) is 10.3. The first kappa shape index (κ1) is 14.1. The van der Waals surface area contributed by atoms with Crippen LogP contribution in [0.2, 0.25) is 0 Å². The van der Waals surface area contributed by atoms with Crippen LogP contribution in [0.3, 0.4) is 0 Å². The molecule has 5 nitrogen and oxygen atoms in total. The van der Waals surface area contributed by atoms with Gasteiger partial charge >= 0.3 is 0 Å². The van der Waals surface area contributed by atoms with Crippen LogP contribution in [0.25, 0.3) is 10.9 Å². The molecule has 112 valence electrons. The lowest BCUT2D eigenvalue weighted by molar-refractivity contribution is 0.0378. The number of ether oxygens (including phenoxy) is 1. The molecule has 1 aliphatic rings. The molecule has 0 spiro atoms. The number of pyridine rings is 1. The standard InChI is InChI=1S/C16H22N4O/c17-14-3-4-15-13(12-14)2-5-16(19-15)18-6-1-7-20-8-10-21-11-9-20/h2-5,12H,1,6-11,17H2,(H,18,19). The summed E-state index contributed by atoms with van der Waals surface area (Å²) in [6, 6.07) is 9.87. The number of hydrogen-bond donors (Lipinski definition) is 2. The number of aromatic nitrogens is 1. The molecule has 0 atom stereocenters. The molecule has 1 aliphatic heterocycles. The molecule has 0 saturated carbocycles. The Morgan fingerprint density at radius 3 is 2.90 bits per heavy atom. The van der Waals surface area contributed by atoms with Crippen molar-refractivity contribution < 1.29 is 4.74 Å². The van der Waals surface area contributed by atoms with Crippen molar-refractivity contribution in [2.75, 3.05) is 50.4 Å². The molecule has 0 bridgehead atoms. The molecule has 2 heterocycles. The average Bonchev–Trinajstić information content (AvgIpc) is 2.52. The van der Waals surface area contributed by atoms with Crippen LogP contribution in [0.4, 0.5) is 11.5 Å². The number of nitrogen functional groups attached to an aromatic ring is 1. The predicted molar refractivity (Wildman–Crippen MR) is 86.5 cm³/mol. The van der Waals surface area contributed by atoms with E-state index in [0.29, 0.717) is 0 Å². The lowest BCUT2D eigenvalue weighted by Crippen LogP contribution is -2.37. The number of nitrogens with one attached hydrogen (secondary N) is 1. The van der Waals surface area contributed by atoms with Crippen LogP contribution in [0.5, 0.6) is 0 Å². The van der Waals surface area contributed by atoms with E-state index in [0.717, 1.165) is 68.2 Å². The second-order valence-corrected chi connectivity index (χ2v) is 5.38. The maximum atomic E-state index is 5.77. The molecule has 5 heteroatoms. The van der Waals surface area contributed by atoms with Crippen molar-refractivity contribution in [3.8, 4) is 0 Å². The number of hydrogen-bond acceptors (Lipinski definition) is 5. The summed E-state index contributed by atoms with van der Waals surface area (Å²) >= 11 is 0. The third kappa shape index (κ3) is 3.83. The quantitative estimate of drug-likeness (QED) is 0.650. The van der Waals surface area contributed by atoms with E-state index in [-0.39, 0.29) is 0 Å². The Bertz CT molecular complexity index is 596. The van der Waals surface area contributed by atoms with Gasteiger partial charge in [0.15, 0.2) is 0 Å². The Morgan fingerprint density at radius 2 is 2.05 bits per heavy atom. The van der Waals surface area contributed by atoms with Crippen LogP contribution in [0, 0.1) is 0 Å². The van der Waals surface area contributed by atoms with Gasteiger partial charge in [-0.05, 0) is 43.3 Å². The summed E-state index contributed by atoms with van der Waals surface area (Å²) in [6.45, 7) is 5.88. The summed E-state index contributed by atoms with van der Waals surface area (Å²) in [4.78, 5) is 7.05. The zero-order chi connectivity index (χ0) is 14.5. The Hall–Kier alpha value is -1.85. The summed E-state index contributed by atoms with van der Waals surface area (Å²) in [5.41, 5.74) is 7.52. The Kier molecular flexibility index (Phi) is 4.52. The number of nitrogens with zero attached hydrogens (tertiary/aromatic N) is 2. The highest BCUT2D eigenvalue weighted by atomic mass is 16.5. The average molecular weight is 286 g/mol. The Labute approximate surface area is 125 Å². The fourth-order valence-corrected chi connectivity index (χ4v) is 2.59. The zero-order valence-electron chi connectivity index (χ0n) is 12.2. The van der Waals surface area contributed by atoms with Gasteiger partial charge in [-0.25, -0.2) is 4.98 Å². The maximum absolute atomic E-state index is 5.77. The molecule has 0 aliphatic carbocycles. The van der Waals surface area contributed by atoms with E-state index < -0.39 is 0 Å². The summed E-state index contributed by atoms with van der Waals surface area (Å²) < 4.78 is 5.35. The van der Waals surface area contributed by atoms with Gasteiger partial charge in [-0.2, -0.15) is 0 Å². The van der Waals surface area contributed by atoms with Crippen LogP contribution in [-0.4, -0.2) is 49.3 Å². The molecule has 0 unspecified atom stereocenters. The van der Waals surface area contributed by atoms with Crippen molar-refractivity contribution in [2.24, 2.45) is 0 Å². The highest BCUT2D eigenvalue weighted by molar-refractivity contribution is 5.83. The van der Waals surface area contributed by atoms with Gasteiger partial charge in [0.2, 0.25) is 0 Å². The molecule has 3 rings (SSSR count). The molecule has 1 aromatic carbocycles. The van der Waals surface area contributed by atoms with Crippen LogP contribution in [0.1, 0.15) is 6.42 Å². The van der Waals surface area contributed by atoms with Gasteiger partial charge in [0, 0.05) is 30.7 Å². The van der Waals surface area contributed by atoms with Crippen molar-refractivity contribution in [2.45, 2.75) is 6.42 Å². The van der Waals surface area contributed by atoms with E-state index in [4.69, 9.17) is 10.5 Å². The Balaban J connectivity index is 1.49. The minimum Gasteiger partial charge on any atom is -0.399 e. The summed E-state index contributed by atoms with van der Waals surface area (Å²) in [6.07, 6.45) is 1.11. The number of fused-ring (bicyclic) bond motifs is 1. The van der Waals surface area contributed by atoms with Gasteiger partial charge < -0.3 is 15.8 Å². The second kappa shape index (κ2) is 6.74. The first-order valence-corrected chi connectivity index (χ1v) is 7.51. The van der Waals surface area contributed by atoms with Crippen LogP contribution < -0.4 is 11.1 Å². The van der Waals surface area contributed by atoms with E-state index >= 15 is 0 Å². The minimum atomic E-state index is 0.774. The van der Waals surface area contributed by atoms with Gasteiger partial charge in [-0.15, -0.1) is 0 Å². The van der Waals surface area contributed by atoms with Gasteiger partial charge in [-0.1, -0.05) is 0 Å². The van der Waals surface area contributed by atoms with Gasteiger partial charge in [0.1, 0.15) is 5.82 Å². The van der Waals surface area contributed by atoms with Crippen molar-refractivity contribution in [3.05, 3.63) is 30.3 Å². The van der Waals surface area contributed by atoms with Gasteiger partial charge in [0.05, 0.1) is 18.7 Å².